The summed E-state index contributed by atoms with van der Waals surface area (Å²) in [5.41, 5.74) is 1.38. The van der Waals surface area contributed by atoms with E-state index >= 15 is 0 Å². The molecule has 0 spiro atoms. The molecular weight excluding hydrogens is 432 g/mol. The van der Waals surface area contributed by atoms with Gasteiger partial charge in [0, 0.05) is 18.8 Å². The summed E-state index contributed by atoms with van der Waals surface area (Å²) in [5, 5.41) is 2.75. The van der Waals surface area contributed by atoms with Gasteiger partial charge in [0.05, 0.1) is 30.2 Å². The van der Waals surface area contributed by atoms with E-state index in [1.807, 2.05) is 0 Å². The van der Waals surface area contributed by atoms with Gasteiger partial charge in [-0.1, -0.05) is 18.9 Å². The van der Waals surface area contributed by atoms with Gasteiger partial charge in [-0.25, -0.2) is 13.2 Å². The minimum Gasteiger partial charge on any atom is -0.496 e. The number of ether oxygens (including phenoxy) is 2. The van der Waals surface area contributed by atoms with E-state index in [2.05, 4.69) is 5.32 Å². The molecule has 1 saturated heterocycles. The molecule has 0 saturated carbocycles. The number of hydrogen-bond acceptors (Lipinski definition) is 6. The van der Waals surface area contributed by atoms with Gasteiger partial charge in [-0.15, -0.1) is 0 Å². The number of benzene rings is 2. The molecule has 9 heteroatoms. The standard InChI is InChI=1S/C23H28N2O6S/c1-16-18(23(27)31-3)9-8-10-20(16)24-22(26)19-15-17(11-12-21(19)30-2)32(28,29)25-13-6-4-5-7-14-25/h8-12,15H,4-7,13-14H2,1-3H3,(H,24,26). The van der Waals surface area contributed by atoms with Gasteiger partial charge in [-0.2, -0.15) is 4.31 Å². The van der Waals surface area contributed by atoms with Crippen molar-refractivity contribution in [2.45, 2.75) is 37.5 Å². The fourth-order valence-electron chi connectivity index (χ4n) is 3.75. The Hall–Kier alpha value is -2.91. The molecular formula is C23H28N2O6S. The highest BCUT2D eigenvalue weighted by Crippen LogP contribution is 2.28. The van der Waals surface area contributed by atoms with Crippen molar-refractivity contribution in [1.29, 1.82) is 0 Å². The van der Waals surface area contributed by atoms with Crippen LogP contribution in [-0.4, -0.2) is 51.9 Å². The zero-order chi connectivity index (χ0) is 23.3. The number of anilines is 1. The summed E-state index contributed by atoms with van der Waals surface area (Å²) in [6, 6.07) is 9.17. The summed E-state index contributed by atoms with van der Waals surface area (Å²) in [6.45, 7) is 2.63. The van der Waals surface area contributed by atoms with Gasteiger partial charge in [0.25, 0.3) is 5.91 Å². The second kappa shape index (κ2) is 10.1. The number of nitrogens with zero attached hydrogens (tertiary/aromatic N) is 1. The molecule has 2 aromatic rings. The predicted octanol–water partition coefficient (Wildman–Crippen LogP) is 3.61. The molecule has 3 rings (SSSR count). The van der Waals surface area contributed by atoms with Crippen molar-refractivity contribution in [2.24, 2.45) is 0 Å². The molecule has 1 heterocycles. The van der Waals surface area contributed by atoms with Crippen molar-refractivity contribution >= 4 is 27.6 Å². The Kier molecular flexibility index (Phi) is 7.52. The average molecular weight is 461 g/mol. The van der Waals surface area contributed by atoms with E-state index in [-0.39, 0.29) is 16.2 Å². The Morgan fingerprint density at radius 1 is 0.969 bits per heavy atom. The molecule has 1 aliphatic rings. The SMILES string of the molecule is COC(=O)c1cccc(NC(=O)c2cc(S(=O)(=O)N3CCCCCC3)ccc2OC)c1C. The summed E-state index contributed by atoms with van der Waals surface area (Å²) in [4.78, 5) is 25.1. The lowest BCUT2D eigenvalue weighted by Gasteiger charge is -2.21. The van der Waals surface area contributed by atoms with Crippen LogP contribution >= 0.6 is 0 Å². The number of amides is 1. The minimum atomic E-state index is -3.73. The molecule has 1 fully saturated rings. The van der Waals surface area contributed by atoms with Gasteiger partial charge in [-0.05, 0) is 55.7 Å². The average Bonchev–Trinajstić information content (AvgIpc) is 3.09. The van der Waals surface area contributed by atoms with E-state index in [1.54, 1.807) is 25.1 Å². The van der Waals surface area contributed by atoms with Gasteiger partial charge in [0.2, 0.25) is 10.0 Å². The van der Waals surface area contributed by atoms with Crippen LogP contribution < -0.4 is 10.1 Å². The molecule has 1 amide bonds. The molecule has 2 aromatic carbocycles. The monoisotopic (exact) mass is 460 g/mol. The third kappa shape index (κ3) is 4.94. The predicted molar refractivity (Wildman–Crippen MR) is 121 cm³/mol. The van der Waals surface area contributed by atoms with E-state index in [0.29, 0.717) is 29.9 Å². The number of carbonyl (C=O) groups excluding carboxylic acids is 2. The molecule has 172 valence electrons. The van der Waals surface area contributed by atoms with Crippen molar-refractivity contribution in [3.8, 4) is 5.75 Å². The van der Waals surface area contributed by atoms with Gasteiger partial charge in [-0.3, -0.25) is 4.79 Å². The highest BCUT2D eigenvalue weighted by atomic mass is 32.2. The Balaban J connectivity index is 1.94. The molecule has 0 unspecified atom stereocenters. The second-order valence-corrected chi connectivity index (χ2v) is 9.54. The van der Waals surface area contributed by atoms with Gasteiger partial charge < -0.3 is 14.8 Å². The highest BCUT2D eigenvalue weighted by molar-refractivity contribution is 7.89. The Bertz CT molecular complexity index is 1110. The molecule has 1 N–H and O–H groups in total. The first-order valence-corrected chi connectivity index (χ1v) is 11.9. The highest BCUT2D eigenvalue weighted by Gasteiger charge is 2.27. The van der Waals surface area contributed by atoms with Crippen LogP contribution in [0.15, 0.2) is 41.3 Å². The van der Waals surface area contributed by atoms with Crippen LogP contribution in [0.2, 0.25) is 0 Å². The summed E-state index contributed by atoms with van der Waals surface area (Å²) < 4.78 is 37.9. The molecule has 0 atom stereocenters. The summed E-state index contributed by atoms with van der Waals surface area (Å²) >= 11 is 0. The van der Waals surface area contributed by atoms with Crippen LogP contribution in [0.3, 0.4) is 0 Å². The van der Waals surface area contributed by atoms with Crippen molar-refractivity contribution in [2.75, 3.05) is 32.6 Å². The Morgan fingerprint density at radius 3 is 2.28 bits per heavy atom. The number of nitrogens with one attached hydrogen (secondary N) is 1. The fraction of sp³-hybridized carbons (Fsp3) is 0.391. The van der Waals surface area contributed by atoms with Crippen LogP contribution in [0.25, 0.3) is 0 Å². The Morgan fingerprint density at radius 2 is 1.66 bits per heavy atom. The van der Waals surface area contributed by atoms with E-state index in [0.717, 1.165) is 25.7 Å². The van der Waals surface area contributed by atoms with E-state index in [4.69, 9.17) is 9.47 Å². The molecule has 0 aromatic heterocycles. The molecule has 1 aliphatic heterocycles. The number of sulfonamides is 1. The summed E-state index contributed by atoms with van der Waals surface area (Å²) in [6.07, 6.45) is 3.65. The first kappa shape index (κ1) is 23.7. The maximum Gasteiger partial charge on any atom is 0.338 e. The van der Waals surface area contributed by atoms with Crippen molar-refractivity contribution in [3.05, 3.63) is 53.1 Å². The van der Waals surface area contributed by atoms with Gasteiger partial charge >= 0.3 is 5.97 Å². The normalized spacial score (nSPS) is 15.0. The van der Waals surface area contributed by atoms with Gasteiger partial charge in [0.1, 0.15) is 5.75 Å². The third-order valence-electron chi connectivity index (χ3n) is 5.61. The molecule has 0 radical (unpaired) electrons. The molecule has 32 heavy (non-hydrogen) atoms. The van der Waals surface area contributed by atoms with Crippen molar-refractivity contribution < 1.29 is 27.5 Å². The summed E-state index contributed by atoms with van der Waals surface area (Å²) in [5.74, 6) is -0.805. The van der Waals surface area contributed by atoms with E-state index < -0.39 is 21.9 Å². The maximum atomic E-state index is 13.2. The quantitative estimate of drug-likeness (QED) is 0.661. The van der Waals surface area contributed by atoms with Gasteiger partial charge in [0.15, 0.2) is 0 Å². The largest absolute Gasteiger partial charge is 0.496 e. The zero-order valence-electron chi connectivity index (χ0n) is 18.5. The summed E-state index contributed by atoms with van der Waals surface area (Å²) in [7, 11) is -1.03. The number of carbonyl (C=O) groups is 2. The number of esters is 1. The lowest BCUT2D eigenvalue weighted by molar-refractivity contribution is 0.0599. The topological polar surface area (TPSA) is 102 Å². The van der Waals surface area contributed by atoms with E-state index in [9.17, 15) is 18.0 Å². The number of rotatable bonds is 6. The van der Waals surface area contributed by atoms with E-state index in [1.165, 1.54) is 36.7 Å². The third-order valence-corrected chi connectivity index (χ3v) is 7.50. The first-order valence-electron chi connectivity index (χ1n) is 10.5. The lowest BCUT2D eigenvalue weighted by Crippen LogP contribution is -2.32. The van der Waals surface area contributed by atoms with Crippen LogP contribution in [0.5, 0.6) is 5.75 Å². The first-order chi connectivity index (χ1) is 15.3. The zero-order valence-corrected chi connectivity index (χ0v) is 19.3. The maximum absolute atomic E-state index is 13.2. The smallest absolute Gasteiger partial charge is 0.338 e. The van der Waals surface area contributed by atoms with Crippen LogP contribution in [0.4, 0.5) is 5.69 Å². The number of hydrogen-bond donors (Lipinski definition) is 1. The molecule has 0 bridgehead atoms. The van der Waals surface area contributed by atoms with Crippen molar-refractivity contribution in [3.63, 3.8) is 0 Å². The second-order valence-electron chi connectivity index (χ2n) is 7.60. The van der Waals surface area contributed by atoms with Crippen LogP contribution in [0, 0.1) is 6.92 Å². The van der Waals surface area contributed by atoms with Crippen LogP contribution in [0.1, 0.15) is 52.0 Å². The molecule has 0 aliphatic carbocycles. The Labute approximate surface area is 188 Å². The lowest BCUT2D eigenvalue weighted by atomic mass is 10.1. The minimum absolute atomic E-state index is 0.0467. The molecule has 8 nitrogen and oxygen atoms in total. The van der Waals surface area contributed by atoms with Crippen LogP contribution in [-0.2, 0) is 14.8 Å². The fourth-order valence-corrected chi connectivity index (χ4v) is 5.29. The van der Waals surface area contributed by atoms with Crippen molar-refractivity contribution in [1.82, 2.24) is 4.31 Å². The number of methoxy groups -OCH3 is 2.